The molecule has 3 fully saturated rings. The van der Waals surface area contributed by atoms with Gasteiger partial charge in [0.15, 0.2) is 0 Å². The predicted molar refractivity (Wildman–Crippen MR) is 140 cm³/mol. The van der Waals surface area contributed by atoms with Gasteiger partial charge in [0, 0.05) is 25.8 Å². The molecule has 1 heterocycles. The lowest BCUT2D eigenvalue weighted by Crippen LogP contribution is -2.50. The molecule has 0 aromatic heterocycles. The second kappa shape index (κ2) is 8.92. The summed E-state index contributed by atoms with van der Waals surface area (Å²) in [5.74, 6) is 4.55. The zero-order valence-corrected chi connectivity index (χ0v) is 23.1. The van der Waals surface area contributed by atoms with E-state index in [0.29, 0.717) is 22.7 Å². The number of rotatable bonds is 6. The van der Waals surface area contributed by atoms with E-state index in [-0.39, 0.29) is 17.6 Å². The first kappa shape index (κ1) is 25.4. The Balaban J connectivity index is 1.37. The second-order valence-corrected chi connectivity index (χ2v) is 13.5. The van der Waals surface area contributed by atoms with Crippen molar-refractivity contribution < 1.29 is 14.6 Å². The summed E-state index contributed by atoms with van der Waals surface area (Å²) in [6.45, 7) is 14.4. The molecular formula is C31H49NO3. The molecule has 0 saturated heterocycles. The maximum absolute atomic E-state index is 11.3. The minimum Gasteiger partial charge on any atom is -0.491 e. The predicted octanol–water partition coefficient (Wildman–Crippen LogP) is 6.54. The van der Waals surface area contributed by atoms with Crippen molar-refractivity contribution in [2.45, 2.75) is 117 Å². The summed E-state index contributed by atoms with van der Waals surface area (Å²) < 4.78 is 7.04. The number of aliphatic hydroxyl groups excluding tert-OH is 1. The standard InChI is InChI=1S/C31H49NO3/c1-7-31-17-26-24-10-9-22-16-23(34)12-14-29(22,5)25(24)13-15-30(26,6)28(31)20(3)27(35-31)11-8-19(2)18-32-21(4)33/h9,19,23-26,28,34H,7-8,10-18H2,1-6H3,(H,32,33)/t19-,23-,24-,25+,26+,28-,29-,30-,31+/m0/s1. The Hall–Kier alpha value is -1.29. The fourth-order valence-corrected chi connectivity index (χ4v) is 9.77. The van der Waals surface area contributed by atoms with Gasteiger partial charge < -0.3 is 15.2 Å². The molecule has 4 nitrogen and oxygen atoms in total. The maximum atomic E-state index is 11.3. The number of hydrogen-bond donors (Lipinski definition) is 2. The van der Waals surface area contributed by atoms with Crippen LogP contribution in [0.1, 0.15) is 106 Å². The molecule has 1 amide bonds. The number of carbonyl (C=O) groups excluding carboxylic acids is 1. The quantitative estimate of drug-likeness (QED) is 0.422. The Labute approximate surface area is 213 Å². The van der Waals surface area contributed by atoms with Crippen LogP contribution in [0.2, 0.25) is 0 Å². The summed E-state index contributed by atoms with van der Waals surface area (Å²) >= 11 is 0. The molecule has 196 valence electrons. The molecule has 5 rings (SSSR count). The van der Waals surface area contributed by atoms with Crippen LogP contribution in [0.25, 0.3) is 0 Å². The third-order valence-corrected chi connectivity index (χ3v) is 11.6. The third kappa shape index (κ3) is 3.92. The van der Waals surface area contributed by atoms with Crippen LogP contribution in [0, 0.1) is 40.4 Å². The van der Waals surface area contributed by atoms with Crippen LogP contribution < -0.4 is 5.32 Å². The van der Waals surface area contributed by atoms with E-state index in [1.807, 2.05) is 0 Å². The van der Waals surface area contributed by atoms with Crippen molar-refractivity contribution in [1.29, 1.82) is 0 Å². The highest BCUT2D eigenvalue weighted by atomic mass is 16.5. The summed E-state index contributed by atoms with van der Waals surface area (Å²) in [6, 6.07) is 0. The zero-order valence-electron chi connectivity index (χ0n) is 23.1. The second-order valence-electron chi connectivity index (χ2n) is 13.5. The lowest BCUT2D eigenvalue weighted by atomic mass is 9.47. The van der Waals surface area contributed by atoms with Crippen LogP contribution in [-0.2, 0) is 9.53 Å². The van der Waals surface area contributed by atoms with Gasteiger partial charge in [-0.15, -0.1) is 0 Å². The maximum Gasteiger partial charge on any atom is 0.216 e. The van der Waals surface area contributed by atoms with Crippen molar-refractivity contribution >= 4 is 5.91 Å². The van der Waals surface area contributed by atoms with Gasteiger partial charge in [-0.25, -0.2) is 0 Å². The Bertz CT molecular complexity index is 922. The van der Waals surface area contributed by atoms with E-state index in [2.05, 4.69) is 46.0 Å². The number of amides is 1. The van der Waals surface area contributed by atoms with Gasteiger partial charge in [0.05, 0.1) is 11.9 Å². The van der Waals surface area contributed by atoms with Gasteiger partial charge in [-0.05, 0) is 105 Å². The molecule has 1 aliphatic heterocycles. The van der Waals surface area contributed by atoms with Gasteiger partial charge >= 0.3 is 0 Å². The number of nitrogens with one attached hydrogen (secondary N) is 1. The van der Waals surface area contributed by atoms with Gasteiger partial charge in [-0.3, -0.25) is 4.79 Å². The molecule has 5 aliphatic rings. The highest BCUT2D eigenvalue weighted by Crippen LogP contribution is 2.72. The molecule has 0 aromatic carbocycles. The minimum absolute atomic E-state index is 0.0255. The third-order valence-electron chi connectivity index (χ3n) is 11.6. The summed E-state index contributed by atoms with van der Waals surface area (Å²) in [6.07, 6.45) is 13.6. The van der Waals surface area contributed by atoms with Crippen molar-refractivity contribution in [3.05, 3.63) is 23.0 Å². The summed E-state index contributed by atoms with van der Waals surface area (Å²) in [7, 11) is 0. The molecule has 3 saturated carbocycles. The molecule has 4 aliphatic carbocycles. The smallest absolute Gasteiger partial charge is 0.216 e. The van der Waals surface area contributed by atoms with Gasteiger partial charge in [0.25, 0.3) is 0 Å². The number of allylic oxidation sites excluding steroid dienone is 2. The Morgan fingerprint density at radius 2 is 2.03 bits per heavy atom. The van der Waals surface area contributed by atoms with Crippen molar-refractivity contribution in [2.75, 3.05) is 6.54 Å². The van der Waals surface area contributed by atoms with Crippen LogP contribution in [0.15, 0.2) is 23.0 Å². The highest BCUT2D eigenvalue weighted by Gasteiger charge is 2.68. The molecule has 0 unspecified atom stereocenters. The molecule has 0 spiro atoms. The van der Waals surface area contributed by atoms with Crippen LogP contribution in [0.5, 0.6) is 0 Å². The van der Waals surface area contributed by atoms with E-state index in [1.165, 1.54) is 37.0 Å². The van der Waals surface area contributed by atoms with Crippen LogP contribution in [0.4, 0.5) is 0 Å². The number of aliphatic hydroxyl groups is 1. The van der Waals surface area contributed by atoms with E-state index < -0.39 is 0 Å². The van der Waals surface area contributed by atoms with E-state index >= 15 is 0 Å². The van der Waals surface area contributed by atoms with Crippen LogP contribution in [0.3, 0.4) is 0 Å². The number of hydrogen-bond acceptors (Lipinski definition) is 3. The fraction of sp³-hybridized carbons (Fsp3) is 0.839. The van der Waals surface area contributed by atoms with Crippen LogP contribution in [-0.4, -0.2) is 29.3 Å². The van der Waals surface area contributed by atoms with Crippen molar-refractivity contribution in [1.82, 2.24) is 5.32 Å². The van der Waals surface area contributed by atoms with Gasteiger partial charge in [-0.1, -0.05) is 39.3 Å². The Kier molecular flexibility index (Phi) is 6.47. The first-order valence-electron chi connectivity index (χ1n) is 14.5. The molecule has 9 atom stereocenters. The Morgan fingerprint density at radius 1 is 1.26 bits per heavy atom. The highest BCUT2D eigenvalue weighted by molar-refractivity contribution is 5.72. The first-order chi connectivity index (χ1) is 16.5. The Morgan fingerprint density at radius 3 is 2.74 bits per heavy atom. The summed E-state index contributed by atoms with van der Waals surface area (Å²) in [5, 5.41) is 13.3. The van der Waals surface area contributed by atoms with Crippen molar-refractivity contribution in [3.8, 4) is 0 Å². The topological polar surface area (TPSA) is 58.6 Å². The van der Waals surface area contributed by atoms with Gasteiger partial charge in [0.2, 0.25) is 5.91 Å². The van der Waals surface area contributed by atoms with E-state index in [9.17, 15) is 9.90 Å². The normalized spacial score (nSPS) is 45.0. The van der Waals surface area contributed by atoms with Crippen molar-refractivity contribution in [2.24, 2.45) is 40.4 Å². The average Bonchev–Trinajstić information content (AvgIpc) is 3.25. The van der Waals surface area contributed by atoms with Crippen LogP contribution >= 0.6 is 0 Å². The summed E-state index contributed by atoms with van der Waals surface area (Å²) in [5.41, 5.74) is 3.68. The molecule has 0 radical (unpaired) electrons. The first-order valence-corrected chi connectivity index (χ1v) is 14.5. The lowest BCUT2D eigenvalue weighted by molar-refractivity contribution is -0.119. The van der Waals surface area contributed by atoms with Crippen molar-refractivity contribution in [3.63, 3.8) is 0 Å². The molecule has 4 heteroatoms. The molecule has 35 heavy (non-hydrogen) atoms. The fourth-order valence-electron chi connectivity index (χ4n) is 9.77. The largest absolute Gasteiger partial charge is 0.491 e. The van der Waals surface area contributed by atoms with E-state index in [1.54, 1.807) is 12.5 Å². The van der Waals surface area contributed by atoms with E-state index in [0.717, 1.165) is 62.8 Å². The van der Waals surface area contributed by atoms with Gasteiger partial charge in [0.1, 0.15) is 5.60 Å². The molecular weight excluding hydrogens is 434 g/mol. The lowest BCUT2D eigenvalue weighted by Gasteiger charge is -2.57. The molecule has 0 aromatic rings. The number of ether oxygens (including phenoxy) is 1. The monoisotopic (exact) mass is 483 g/mol. The average molecular weight is 484 g/mol. The molecule has 2 N–H and O–H groups in total. The summed E-state index contributed by atoms with van der Waals surface area (Å²) in [4.78, 5) is 11.3. The van der Waals surface area contributed by atoms with E-state index in [4.69, 9.17) is 4.74 Å². The minimum atomic E-state index is -0.130. The number of fused-ring (bicyclic) bond motifs is 7. The SMILES string of the molecule is CC[C@@]12C[C@@H]3[C@H]4CC=C5C[C@@H](O)CC[C@]5(C)[C@@H]4CC[C@]3(C)[C@@H]1C(C)=C(CC[C@H](C)CNC(C)=O)O2. The zero-order chi connectivity index (χ0) is 25.2. The van der Waals surface area contributed by atoms with Gasteiger partial charge in [-0.2, -0.15) is 0 Å². The molecule has 0 bridgehead atoms. The number of carbonyl (C=O) groups is 1.